The number of carbonyl (C=O) groups excluding carboxylic acids is 1. The van der Waals surface area contributed by atoms with Crippen molar-refractivity contribution < 1.29 is 9.53 Å². The summed E-state index contributed by atoms with van der Waals surface area (Å²) in [7, 11) is 0. The molecule has 0 saturated heterocycles. The number of rotatable bonds is 2. The van der Waals surface area contributed by atoms with Crippen molar-refractivity contribution in [2.75, 3.05) is 0 Å². The van der Waals surface area contributed by atoms with E-state index in [1.807, 2.05) is 54.6 Å². The van der Waals surface area contributed by atoms with Crippen LogP contribution in [0.1, 0.15) is 27.6 Å². The van der Waals surface area contributed by atoms with E-state index in [1.165, 1.54) is 10.8 Å². The Balaban J connectivity index is 1.72. The van der Waals surface area contributed by atoms with Gasteiger partial charge in [0.05, 0.1) is 5.56 Å². The van der Waals surface area contributed by atoms with Gasteiger partial charge in [-0.1, -0.05) is 66.7 Å². The molecule has 0 aromatic heterocycles. The maximum atomic E-state index is 11.8. The smallest absolute Gasteiger partial charge is 0.339 e. The summed E-state index contributed by atoms with van der Waals surface area (Å²) in [6.45, 7) is 0. The maximum Gasteiger partial charge on any atom is 0.339 e. The zero-order valence-electron chi connectivity index (χ0n) is 11.9. The number of fused-ring (bicyclic) bond motifs is 2. The van der Waals surface area contributed by atoms with E-state index in [0.717, 1.165) is 11.1 Å². The van der Waals surface area contributed by atoms with Gasteiger partial charge in [0.25, 0.3) is 0 Å². The molecule has 0 N–H and O–H groups in total. The van der Waals surface area contributed by atoms with Gasteiger partial charge in [0, 0.05) is 5.56 Å². The fourth-order valence-corrected chi connectivity index (χ4v) is 2.90. The Morgan fingerprint density at radius 2 is 1.64 bits per heavy atom. The molecule has 0 spiro atoms. The lowest BCUT2D eigenvalue weighted by atomic mass is 10.0. The largest absolute Gasteiger partial charge is 0.450 e. The summed E-state index contributed by atoms with van der Waals surface area (Å²) < 4.78 is 5.44. The highest BCUT2D eigenvalue weighted by atomic mass is 16.5. The van der Waals surface area contributed by atoms with Gasteiger partial charge in [-0.3, -0.25) is 0 Å². The van der Waals surface area contributed by atoms with Gasteiger partial charge in [0.1, 0.15) is 6.10 Å². The monoisotopic (exact) mass is 286 g/mol. The second kappa shape index (κ2) is 5.15. The van der Waals surface area contributed by atoms with Crippen LogP contribution >= 0.6 is 0 Å². The molecule has 0 amide bonds. The number of cyclic esters (lactones) is 1. The first-order chi connectivity index (χ1) is 10.8. The predicted octanol–water partition coefficient (Wildman–Crippen LogP) is 4.76. The second-order valence-electron chi connectivity index (χ2n) is 5.34. The summed E-state index contributed by atoms with van der Waals surface area (Å²) in [6.07, 6.45) is 3.68. The van der Waals surface area contributed by atoms with Crippen LogP contribution in [0, 0.1) is 0 Å². The minimum atomic E-state index is -0.303. The normalized spacial score (nSPS) is 16.9. The van der Waals surface area contributed by atoms with E-state index in [4.69, 9.17) is 4.74 Å². The molecule has 0 aliphatic carbocycles. The van der Waals surface area contributed by atoms with E-state index < -0.39 is 0 Å². The summed E-state index contributed by atoms with van der Waals surface area (Å²) in [4.78, 5) is 11.8. The highest BCUT2D eigenvalue weighted by Gasteiger charge is 2.28. The van der Waals surface area contributed by atoms with Crippen molar-refractivity contribution in [3.05, 3.63) is 89.5 Å². The van der Waals surface area contributed by atoms with Crippen molar-refractivity contribution in [1.29, 1.82) is 0 Å². The average molecular weight is 286 g/mol. The first kappa shape index (κ1) is 12.8. The fourth-order valence-electron chi connectivity index (χ4n) is 2.90. The minimum Gasteiger partial charge on any atom is -0.450 e. The van der Waals surface area contributed by atoms with Crippen LogP contribution in [0.25, 0.3) is 16.8 Å². The van der Waals surface area contributed by atoms with Gasteiger partial charge < -0.3 is 4.74 Å². The van der Waals surface area contributed by atoms with Crippen LogP contribution in [0.3, 0.4) is 0 Å². The van der Waals surface area contributed by atoms with Crippen molar-refractivity contribution >= 4 is 22.8 Å². The minimum absolute atomic E-state index is 0.247. The Hall–Kier alpha value is -2.87. The molecule has 0 fully saturated rings. The summed E-state index contributed by atoms with van der Waals surface area (Å²) in [5.74, 6) is -0.247. The number of carbonyl (C=O) groups is 1. The molecule has 4 rings (SSSR count). The molecule has 1 atom stereocenters. The Morgan fingerprint density at radius 3 is 2.59 bits per heavy atom. The van der Waals surface area contributed by atoms with Crippen LogP contribution in [-0.4, -0.2) is 5.97 Å². The van der Waals surface area contributed by atoms with Crippen LogP contribution in [0.5, 0.6) is 0 Å². The number of benzene rings is 3. The van der Waals surface area contributed by atoms with Crippen LogP contribution in [0.4, 0.5) is 0 Å². The predicted molar refractivity (Wildman–Crippen MR) is 87.6 cm³/mol. The molecule has 1 aliphatic rings. The molecule has 0 bridgehead atoms. The van der Waals surface area contributed by atoms with E-state index in [-0.39, 0.29) is 12.1 Å². The third-order valence-corrected chi connectivity index (χ3v) is 4.00. The number of hydrogen-bond donors (Lipinski definition) is 0. The van der Waals surface area contributed by atoms with Crippen molar-refractivity contribution in [1.82, 2.24) is 0 Å². The number of esters is 1. The maximum absolute atomic E-state index is 11.8. The van der Waals surface area contributed by atoms with Gasteiger partial charge in [0.15, 0.2) is 0 Å². The molecule has 1 heterocycles. The highest BCUT2D eigenvalue weighted by molar-refractivity contribution is 5.95. The Kier molecular flexibility index (Phi) is 3.01. The number of ether oxygens (including phenoxy) is 1. The number of hydrogen-bond acceptors (Lipinski definition) is 2. The van der Waals surface area contributed by atoms with Crippen molar-refractivity contribution in [3.8, 4) is 0 Å². The van der Waals surface area contributed by atoms with Gasteiger partial charge in [-0.05, 0) is 28.5 Å². The quantitative estimate of drug-likeness (QED) is 0.635. The first-order valence-electron chi connectivity index (χ1n) is 7.29. The van der Waals surface area contributed by atoms with Crippen LogP contribution in [0.15, 0.2) is 72.8 Å². The van der Waals surface area contributed by atoms with E-state index in [9.17, 15) is 4.79 Å². The fraction of sp³-hybridized carbons (Fsp3) is 0.0500. The zero-order chi connectivity index (χ0) is 14.9. The van der Waals surface area contributed by atoms with Crippen molar-refractivity contribution in [2.45, 2.75) is 6.10 Å². The Bertz CT molecular complexity index is 888. The SMILES string of the molecule is O=C1OC(/C=C/c2cccc3ccccc23)c2ccccc21. The molecular formula is C20H14O2. The van der Waals surface area contributed by atoms with Crippen LogP contribution < -0.4 is 0 Å². The summed E-state index contributed by atoms with van der Waals surface area (Å²) in [5, 5.41) is 2.40. The van der Waals surface area contributed by atoms with Crippen LogP contribution in [0.2, 0.25) is 0 Å². The van der Waals surface area contributed by atoms with Crippen molar-refractivity contribution in [3.63, 3.8) is 0 Å². The Morgan fingerprint density at radius 1 is 0.864 bits per heavy atom. The molecule has 0 saturated carbocycles. The third kappa shape index (κ3) is 2.09. The molecular weight excluding hydrogens is 272 g/mol. The van der Waals surface area contributed by atoms with Crippen LogP contribution in [-0.2, 0) is 4.74 Å². The van der Waals surface area contributed by atoms with Gasteiger partial charge in [0.2, 0.25) is 0 Å². The standard InChI is InChI=1S/C20H14O2/c21-20-18-11-4-3-10-17(18)19(22-20)13-12-15-8-5-7-14-6-1-2-9-16(14)15/h1-13,19H/b13-12+. The first-order valence-corrected chi connectivity index (χ1v) is 7.29. The van der Waals surface area contributed by atoms with Crippen molar-refractivity contribution in [2.24, 2.45) is 0 Å². The molecule has 0 radical (unpaired) electrons. The summed E-state index contributed by atoms with van der Waals surface area (Å²) in [6, 6.07) is 22.0. The third-order valence-electron chi connectivity index (χ3n) is 4.00. The molecule has 106 valence electrons. The lowest BCUT2D eigenvalue weighted by molar-refractivity contribution is 0.0468. The molecule has 3 aromatic rings. The molecule has 2 heteroatoms. The average Bonchev–Trinajstić information content (AvgIpc) is 2.89. The highest BCUT2D eigenvalue weighted by Crippen LogP contribution is 2.32. The topological polar surface area (TPSA) is 26.3 Å². The molecule has 2 nitrogen and oxygen atoms in total. The molecule has 1 aliphatic heterocycles. The van der Waals surface area contributed by atoms with Gasteiger partial charge in [-0.2, -0.15) is 0 Å². The molecule has 22 heavy (non-hydrogen) atoms. The van der Waals surface area contributed by atoms with Gasteiger partial charge in [-0.25, -0.2) is 4.79 Å². The van der Waals surface area contributed by atoms with E-state index in [2.05, 4.69) is 24.3 Å². The molecule has 1 unspecified atom stereocenters. The summed E-state index contributed by atoms with van der Waals surface area (Å²) >= 11 is 0. The van der Waals surface area contributed by atoms with Gasteiger partial charge >= 0.3 is 5.97 Å². The van der Waals surface area contributed by atoms with E-state index in [1.54, 1.807) is 0 Å². The lowest BCUT2D eigenvalue weighted by Gasteiger charge is -2.06. The van der Waals surface area contributed by atoms with Gasteiger partial charge in [-0.15, -0.1) is 0 Å². The van der Waals surface area contributed by atoms with E-state index in [0.29, 0.717) is 5.56 Å². The lowest BCUT2D eigenvalue weighted by Crippen LogP contribution is -1.95. The second-order valence-corrected chi connectivity index (χ2v) is 5.34. The molecule has 3 aromatic carbocycles. The zero-order valence-corrected chi connectivity index (χ0v) is 11.9. The summed E-state index contributed by atoms with van der Waals surface area (Å²) in [5.41, 5.74) is 2.72. The Labute approximate surface area is 128 Å². The van der Waals surface area contributed by atoms with E-state index >= 15 is 0 Å².